The largest absolute Gasteiger partial charge is 0.466 e. The molecule has 7 heteroatoms. The number of nitrogens with zero attached hydrogens (tertiary/aromatic N) is 1. The summed E-state index contributed by atoms with van der Waals surface area (Å²) in [6, 6.07) is 5.30. The number of hydrogen-bond acceptors (Lipinski definition) is 4. The number of esters is 1. The van der Waals surface area contributed by atoms with Crippen LogP contribution in [0, 0.1) is 12.3 Å². The van der Waals surface area contributed by atoms with E-state index in [2.05, 4.69) is 5.32 Å². The summed E-state index contributed by atoms with van der Waals surface area (Å²) in [7, 11) is 0. The molecule has 0 saturated carbocycles. The van der Waals surface area contributed by atoms with Gasteiger partial charge in [0.05, 0.1) is 18.1 Å². The van der Waals surface area contributed by atoms with Crippen LogP contribution in [0.4, 0.5) is 10.5 Å². The van der Waals surface area contributed by atoms with Crippen molar-refractivity contribution >= 4 is 29.3 Å². The van der Waals surface area contributed by atoms with E-state index in [-0.39, 0.29) is 18.1 Å². The maximum Gasteiger partial charge on any atom is 0.321 e. The molecule has 0 unspecified atom stereocenters. The third-order valence-electron chi connectivity index (χ3n) is 6.03. The lowest BCUT2D eigenvalue weighted by Gasteiger charge is -2.42. The van der Waals surface area contributed by atoms with Crippen molar-refractivity contribution in [1.82, 2.24) is 4.90 Å². The van der Waals surface area contributed by atoms with Crippen molar-refractivity contribution in [1.29, 1.82) is 0 Å². The molecule has 0 aliphatic carbocycles. The van der Waals surface area contributed by atoms with Crippen LogP contribution in [-0.2, 0) is 14.3 Å². The molecule has 2 amide bonds. The molecular formula is C22H31ClN2O4. The molecule has 0 radical (unpaired) electrons. The molecule has 1 aromatic rings. The lowest BCUT2D eigenvalue weighted by Crippen LogP contribution is -2.49. The molecule has 2 heterocycles. The third kappa shape index (κ3) is 5.43. The van der Waals surface area contributed by atoms with E-state index in [0.717, 1.165) is 31.4 Å². The smallest absolute Gasteiger partial charge is 0.321 e. The summed E-state index contributed by atoms with van der Waals surface area (Å²) < 4.78 is 11.3. The second kappa shape index (κ2) is 9.81. The average molecular weight is 423 g/mol. The molecule has 2 aliphatic rings. The number of aryl methyl sites for hydroxylation is 1. The van der Waals surface area contributed by atoms with Crippen molar-refractivity contribution in [2.75, 3.05) is 31.6 Å². The number of carbonyl (C=O) groups excluding carboxylic acids is 2. The Morgan fingerprint density at radius 3 is 2.69 bits per heavy atom. The summed E-state index contributed by atoms with van der Waals surface area (Å²) in [5.74, 6) is -0.153. The monoisotopic (exact) mass is 422 g/mol. The molecule has 1 N–H and O–H groups in total. The predicted octanol–water partition coefficient (Wildman–Crippen LogP) is 4.78. The van der Waals surface area contributed by atoms with Crippen LogP contribution >= 0.6 is 11.6 Å². The van der Waals surface area contributed by atoms with Crippen LogP contribution in [0.2, 0.25) is 5.02 Å². The number of amides is 2. The van der Waals surface area contributed by atoms with Gasteiger partial charge in [-0.1, -0.05) is 17.7 Å². The number of benzene rings is 1. The standard InChI is InChI=1S/C22H31ClN2O4/c1-3-28-20(26)22(15-18-6-4-5-13-29-18)9-11-25(12-10-22)21(27)24-17-8-7-16(2)19(23)14-17/h7-8,14,18H,3-6,9-13,15H2,1-2H3,(H,24,27)/t18-/m1/s1. The molecule has 0 aromatic heterocycles. The van der Waals surface area contributed by atoms with Crippen molar-refractivity contribution in [3.05, 3.63) is 28.8 Å². The summed E-state index contributed by atoms with van der Waals surface area (Å²) in [5.41, 5.74) is 1.07. The number of halogens is 1. The van der Waals surface area contributed by atoms with Gasteiger partial charge in [-0.3, -0.25) is 4.79 Å². The quantitative estimate of drug-likeness (QED) is 0.693. The molecular weight excluding hydrogens is 392 g/mol. The van der Waals surface area contributed by atoms with E-state index in [1.165, 1.54) is 0 Å². The SMILES string of the molecule is CCOC(=O)C1(C[C@H]2CCCCO2)CCN(C(=O)Nc2ccc(C)c(Cl)c2)CC1. The van der Waals surface area contributed by atoms with Crippen LogP contribution in [0.5, 0.6) is 0 Å². The van der Waals surface area contributed by atoms with E-state index >= 15 is 0 Å². The molecule has 1 atom stereocenters. The second-order valence-electron chi connectivity index (χ2n) is 8.07. The highest BCUT2D eigenvalue weighted by Crippen LogP contribution is 2.40. The van der Waals surface area contributed by atoms with Gasteiger partial charge in [0.1, 0.15) is 0 Å². The highest BCUT2D eigenvalue weighted by atomic mass is 35.5. The van der Waals surface area contributed by atoms with E-state index in [1.807, 2.05) is 26.0 Å². The van der Waals surface area contributed by atoms with Crippen molar-refractivity contribution in [3.63, 3.8) is 0 Å². The third-order valence-corrected chi connectivity index (χ3v) is 6.44. The fraction of sp³-hybridized carbons (Fsp3) is 0.636. The minimum absolute atomic E-state index is 0.100. The van der Waals surface area contributed by atoms with Gasteiger partial charge in [-0.2, -0.15) is 0 Å². The summed E-state index contributed by atoms with van der Waals surface area (Å²) in [6.07, 6.45) is 5.16. The minimum atomic E-state index is -0.567. The zero-order valence-corrected chi connectivity index (χ0v) is 18.1. The normalized spacial score (nSPS) is 21.5. The van der Waals surface area contributed by atoms with Gasteiger partial charge in [-0.15, -0.1) is 0 Å². The van der Waals surface area contributed by atoms with Crippen LogP contribution in [0.1, 0.15) is 51.0 Å². The number of anilines is 1. The summed E-state index contributed by atoms with van der Waals surface area (Å²) in [4.78, 5) is 27.3. The van der Waals surface area contributed by atoms with Gasteiger partial charge in [-0.05, 0) is 70.1 Å². The minimum Gasteiger partial charge on any atom is -0.466 e. The van der Waals surface area contributed by atoms with Crippen molar-refractivity contribution in [3.8, 4) is 0 Å². The Bertz CT molecular complexity index is 726. The number of piperidine rings is 1. The van der Waals surface area contributed by atoms with Gasteiger partial charge in [0.15, 0.2) is 0 Å². The Morgan fingerprint density at radius 2 is 2.07 bits per heavy atom. The molecule has 160 valence electrons. The van der Waals surface area contributed by atoms with Crippen molar-refractivity contribution in [2.45, 2.75) is 58.5 Å². The van der Waals surface area contributed by atoms with Gasteiger partial charge in [0, 0.05) is 30.4 Å². The molecule has 2 saturated heterocycles. The van der Waals surface area contributed by atoms with Crippen LogP contribution in [-0.4, -0.2) is 49.3 Å². The summed E-state index contributed by atoms with van der Waals surface area (Å²) in [5, 5.41) is 3.53. The number of carbonyl (C=O) groups is 2. The highest BCUT2D eigenvalue weighted by Gasteiger charge is 2.45. The number of hydrogen-bond donors (Lipinski definition) is 1. The Kier molecular flexibility index (Phi) is 7.41. The first-order valence-corrected chi connectivity index (χ1v) is 10.9. The highest BCUT2D eigenvalue weighted by molar-refractivity contribution is 6.31. The van der Waals surface area contributed by atoms with Crippen molar-refractivity contribution < 1.29 is 19.1 Å². The molecule has 6 nitrogen and oxygen atoms in total. The Balaban J connectivity index is 1.62. The van der Waals surface area contributed by atoms with E-state index in [0.29, 0.717) is 49.7 Å². The first-order chi connectivity index (χ1) is 13.9. The number of ether oxygens (including phenoxy) is 2. The zero-order chi connectivity index (χ0) is 20.9. The van der Waals surface area contributed by atoms with Crippen LogP contribution in [0.3, 0.4) is 0 Å². The van der Waals surface area contributed by atoms with E-state index < -0.39 is 5.41 Å². The van der Waals surface area contributed by atoms with E-state index in [1.54, 1.807) is 11.0 Å². The van der Waals surface area contributed by atoms with Gasteiger partial charge < -0.3 is 19.7 Å². The number of rotatable bonds is 5. The maximum atomic E-state index is 12.8. The molecule has 1 aromatic carbocycles. The predicted molar refractivity (Wildman–Crippen MR) is 113 cm³/mol. The van der Waals surface area contributed by atoms with Gasteiger partial charge in [0.2, 0.25) is 0 Å². The van der Waals surface area contributed by atoms with Crippen molar-refractivity contribution in [2.24, 2.45) is 5.41 Å². The topological polar surface area (TPSA) is 67.9 Å². The molecule has 0 bridgehead atoms. The van der Waals surface area contributed by atoms with Crippen LogP contribution < -0.4 is 5.32 Å². The Hall–Kier alpha value is -1.79. The summed E-state index contributed by atoms with van der Waals surface area (Å²) >= 11 is 6.15. The van der Waals surface area contributed by atoms with Crippen LogP contribution in [0.25, 0.3) is 0 Å². The molecule has 0 spiro atoms. The molecule has 3 rings (SSSR count). The Morgan fingerprint density at radius 1 is 1.31 bits per heavy atom. The molecule has 2 fully saturated rings. The first kappa shape index (κ1) is 21.9. The van der Waals surface area contributed by atoms with Gasteiger partial charge in [0.25, 0.3) is 0 Å². The first-order valence-electron chi connectivity index (χ1n) is 10.5. The number of nitrogens with one attached hydrogen (secondary N) is 1. The van der Waals surface area contributed by atoms with E-state index in [4.69, 9.17) is 21.1 Å². The number of likely N-dealkylation sites (tertiary alicyclic amines) is 1. The van der Waals surface area contributed by atoms with Crippen LogP contribution in [0.15, 0.2) is 18.2 Å². The lowest BCUT2D eigenvalue weighted by molar-refractivity contribution is -0.162. The van der Waals surface area contributed by atoms with E-state index in [9.17, 15) is 9.59 Å². The summed E-state index contributed by atoms with van der Waals surface area (Å²) in [6.45, 7) is 5.90. The molecule has 29 heavy (non-hydrogen) atoms. The maximum absolute atomic E-state index is 12.8. The fourth-order valence-electron chi connectivity index (χ4n) is 4.19. The van der Waals surface area contributed by atoms with Gasteiger partial charge in [-0.25, -0.2) is 4.79 Å². The van der Waals surface area contributed by atoms with Gasteiger partial charge >= 0.3 is 12.0 Å². The second-order valence-corrected chi connectivity index (χ2v) is 8.48. The fourth-order valence-corrected chi connectivity index (χ4v) is 4.37. The molecule has 2 aliphatic heterocycles. The Labute approximate surface area is 177 Å². The number of urea groups is 1. The average Bonchev–Trinajstić information content (AvgIpc) is 2.72. The lowest BCUT2D eigenvalue weighted by atomic mass is 9.73. The zero-order valence-electron chi connectivity index (χ0n) is 17.3.